The second-order valence-corrected chi connectivity index (χ2v) is 7.03. The van der Waals surface area contributed by atoms with E-state index in [0.717, 1.165) is 24.3 Å². The molecule has 2 aromatic rings. The van der Waals surface area contributed by atoms with Gasteiger partial charge in [0.25, 0.3) is 0 Å². The minimum atomic E-state index is -2.49. The van der Waals surface area contributed by atoms with Gasteiger partial charge in [0.05, 0.1) is 11.4 Å². The highest BCUT2D eigenvalue weighted by molar-refractivity contribution is 6.14. The molecule has 0 N–H and O–H groups in total. The van der Waals surface area contributed by atoms with Crippen LogP contribution in [-0.4, -0.2) is 5.71 Å². The van der Waals surface area contributed by atoms with Gasteiger partial charge in [-0.3, -0.25) is 4.90 Å². The number of benzene rings is 2. The van der Waals surface area contributed by atoms with Crippen molar-refractivity contribution < 1.29 is 35.1 Å². The standard InChI is InChI=1S/C24H3F8N7/c25-15-11(6-35)16(26)20(30)23(19(15)29)39(24-21(31)17(27)12(7-36)18(28)22(24)32)14-3-9(10(4-33)5-34)1-2-13(14)38-8-37/h1-3H. The first-order valence-electron chi connectivity index (χ1n) is 9.74. The van der Waals surface area contributed by atoms with Crippen LogP contribution in [0.15, 0.2) is 40.1 Å². The Balaban J connectivity index is 2.68. The summed E-state index contributed by atoms with van der Waals surface area (Å²) in [5, 5.41) is 45.0. The molecule has 39 heavy (non-hydrogen) atoms. The number of halogens is 8. The van der Waals surface area contributed by atoms with Gasteiger partial charge in [-0.15, -0.1) is 0 Å². The second kappa shape index (κ2) is 10.6. The first-order valence-corrected chi connectivity index (χ1v) is 9.74. The van der Waals surface area contributed by atoms with E-state index in [2.05, 4.69) is 4.99 Å². The molecule has 0 radical (unpaired) electrons. The highest BCUT2D eigenvalue weighted by Gasteiger charge is 2.38. The maximum absolute atomic E-state index is 15.2. The third-order valence-corrected chi connectivity index (χ3v) is 5.05. The average molecular weight is 541 g/mol. The van der Waals surface area contributed by atoms with Crippen LogP contribution in [0.1, 0.15) is 11.1 Å². The first-order chi connectivity index (χ1) is 18.5. The fourth-order valence-corrected chi connectivity index (χ4v) is 3.34. The minimum Gasteiger partial charge on any atom is -0.297 e. The molecule has 1 aliphatic carbocycles. The van der Waals surface area contributed by atoms with E-state index in [4.69, 9.17) is 26.3 Å². The molecule has 0 aliphatic heterocycles. The quantitative estimate of drug-likeness (QED) is 0.221. The van der Waals surface area contributed by atoms with E-state index < -0.39 is 96.5 Å². The van der Waals surface area contributed by atoms with E-state index in [-0.39, 0.29) is 0 Å². The van der Waals surface area contributed by atoms with Crippen LogP contribution in [-0.2, 0) is 0 Å². The fourth-order valence-electron chi connectivity index (χ4n) is 3.34. The number of nitriles is 5. The third-order valence-electron chi connectivity index (χ3n) is 5.05. The molecule has 0 amide bonds. The number of aliphatic imine (C=N–C) groups is 1. The van der Waals surface area contributed by atoms with E-state index in [9.17, 15) is 17.6 Å². The van der Waals surface area contributed by atoms with Crippen LogP contribution in [0.5, 0.6) is 0 Å². The zero-order valence-electron chi connectivity index (χ0n) is 18.4. The summed E-state index contributed by atoms with van der Waals surface area (Å²) in [4.78, 5) is 2.77. The van der Waals surface area contributed by atoms with Crippen LogP contribution in [0.4, 0.5) is 46.5 Å². The monoisotopic (exact) mass is 541 g/mol. The number of hydrogen-bond acceptors (Lipinski definition) is 7. The molecule has 0 aromatic heterocycles. The topological polar surface area (TPSA) is 135 Å². The van der Waals surface area contributed by atoms with Crippen molar-refractivity contribution >= 4 is 17.1 Å². The molecule has 2 aromatic carbocycles. The lowest BCUT2D eigenvalue weighted by atomic mass is 9.98. The molecule has 0 bridgehead atoms. The second-order valence-electron chi connectivity index (χ2n) is 7.03. The Morgan fingerprint density at radius 3 is 1.36 bits per heavy atom. The van der Waals surface area contributed by atoms with Gasteiger partial charge in [0.15, 0.2) is 46.5 Å². The summed E-state index contributed by atoms with van der Waals surface area (Å²) >= 11 is 0. The van der Waals surface area contributed by atoms with Crippen LogP contribution < -0.4 is 4.90 Å². The number of anilines is 2. The molecule has 0 fully saturated rings. The number of rotatable bonds is 3. The summed E-state index contributed by atoms with van der Waals surface area (Å²) in [7, 11) is 0. The van der Waals surface area contributed by atoms with Crippen LogP contribution >= 0.6 is 0 Å². The summed E-state index contributed by atoms with van der Waals surface area (Å²) in [6, 6.07) is 4.48. The van der Waals surface area contributed by atoms with Gasteiger partial charge in [0.1, 0.15) is 52.4 Å². The van der Waals surface area contributed by atoms with Gasteiger partial charge < -0.3 is 0 Å². The smallest absolute Gasteiger partial charge is 0.206 e. The van der Waals surface area contributed by atoms with E-state index in [0.29, 0.717) is 6.08 Å². The summed E-state index contributed by atoms with van der Waals surface area (Å²) in [5.41, 5.74) is -10.9. The van der Waals surface area contributed by atoms with E-state index >= 15 is 17.6 Å². The predicted octanol–water partition coefficient (Wildman–Crippen LogP) is 5.40. The van der Waals surface area contributed by atoms with Crippen molar-refractivity contribution in [2.45, 2.75) is 0 Å². The van der Waals surface area contributed by atoms with Crippen LogP contribution in [0.2, 0.25) is 0 Å². The lowest BCUT2D eigenvalue weighted by Gasteiger charge is -2.30. The highest BCUT2D eigenvalue weighted by atomic mass is 19.2. The zero-order chi connectivity index (χ0) is 29.2. The normalized spacial score (nSPS) is 13.1. The van der Waals surface area contributed by atoms with Crippen LogP contribution in [0.25, 0.3) is 0 Å². The SMILES string of the molecule is N#CN=C1C=CC(=C(C#N)C#N)C=C1N(c1c(F)c(F)c(C#N)c(F)c1F)c1c(F)c(F)c(C#N)c(F)c1F. The Morgan fingerprint density at radius 2 is 1.03 bits per heavy atom. The molecule has 190 valence electrons. The summed E-state index contributed by atoms with van der Waals surface area (Å²) in [6.07, 6.45) is 3.43. The van der Waals surface area contributed by atoms with Gasteiger partial charge in [-0.25, -0.2) is 35.1 Å². The van der Waals surface area contributed by atoms with Gasteiger partial charge in [-0.2, -0.15) is 31.3 Å². The largest absolute Gasteiger partial charge is 0.297 e. The molecule has 1 aliphatic rings. The lowest BCUT2D eigenvalue weighted by Crippen LogP contribution is -2.29. The molecule has 15 heteroatoms. The predicted molar refractivity (Wildman–Crippen MR) is 113 cm³/mol. The van der Waals surface area contributed by atoms with E-state index in [1.165, 1.54) is 18.3 Å². The Morgan fingerprint density at radius 1 is 0.615 bits per heavy atom. The van der Waals surface area contributed by atoms with Crippen molar-refractivity contribution in [2.75, 3.05) is 4.90 Å². The third kappa shape index (κ3) is 4.29. The van der Waals surface area contributed by atoms with E-state index in [1.807, 2.05) is 0 Å². The molecule has 0 spiro atoms. The Labute approximate surface area is 212 Å². The molecule has 0 saturated carbocycles. The molecule has 0 saturated heterocycles. The van der Waals surface area contributed by atoms with Gasteiger partial charge in [0.2, 0.25) is 6.19 Å². The maximum atomic E-state index is 15.2. The summed E-state index contributed by atoms with van der Waals surface area (Å²) in [5.74, 6) is -19.5. The van der Waals surface area contributed by atoms with E-state index in [1.54, 1.807) is 0 Å². The van der Waals surface area contributed by atoms with Crippen LogP contribution in [0, 0.1) is 103 Å². The molecular formula is C24H3F8N7. The summed E-state index contributed by atoms with van der Waals surface area (Å²) < 4.78 is 119. The maximum Gasteiger partial charge on any atom is 0.206 e. The number of nitrogens with zero attached hydrogens (tertiary/aromatic N) is 7. The zero-order valence-corrected chi connectivity index (χ0v) is 18.4. The van der Waals surface area contributed by atoms with Crippen molar-refractivity contribution in [3.8, 4) is 30.5 Å². The van der Waals surface area contributed by atoms with Crippen molar-refractivity contribution in [2.24, 2.45) is 4.99 Å². The molecule has 0 heterocycles. The van der Waals surface area contributed by atoms with Crippen molar-refractivity contribution in [3.63, 3.8) is 0 Å². The Bertz CT molecular complexity index is 1650. The molecular weight excluding hydrogens is 538 g/mol. The summed E-state index contributed by atoms with van der Waals surface area (Å²) in [6.45, 7) is 0. The Kier molecular flexibility index (Phi) is 7.47. The highest BCUT2D eigenvalue weighted by Crippen LogP contribution is 2.43. The van der Waals surface area contributed by atoms with Crippen molar-refractivity contribution in [3.05, 3.63) is 92.7 Å². The Hall–Kier alpha value is -5.98. The van der Waals surface area contributed by atoms with Crippen molar-refractivity contribution in [1.82, 2.24) is 0 Å². The number of allylic oxidation sites excluding steroid dienone is 5. The van der Waals surface area contributed by atoms with Gasteiger partial charge in [0, 0.05) is 5.57 Å². The van der Waals surface area contributed by atoms with Gasteiger partial charge in [-0.05, 0) is 12.2 Å². The molecule has 0 atom stereocenters. The van der Waals surface area contributed by atoms with Gasteiger partial charge >= 0.3 is 0 Å². The molecule has 3 rings (SSSR count). The molecule has 7 nitrogen and oxygen atoms in total. The van der Waals surface area contributed by atoms with Crippen LogP contribution in [0.3, 0.4) is 0 Å². The number of hydrogen-bond donors (Lipinski definition) is 0. The first kappa shape index (κ1) is 27.6. The van der Waals surface area contributed by atoms with Gasteiger partial charge in [-0.1, -0.05) is 6.08 Å². The van der Waals surface area contributed by atoms with Crippen molar-refractivity contribution in [1.29, 1.82) is 26.3 Å². The minimum absolute atomic E-state index is 0.456. The average Bonchev–Trinajstić information content (AvgIpc) is 2.92. The molecule has 0 unspecified atom stereocenters. The fraction of sp³-hybridized carbons (Fsp3) is 0. The lowest BCUT2D eigenvalue weighted by molar-refractivity contribution is 0.443.